The van der Waals surface area contributed by atoms with Crippen LogP contribution in [0.15, 0.2) is 24.3 Å². The van der Waals surface area contributed by atoms with Gasteiger partial charge >= 0.3 is 51.4 Å². The fraction of sp³-hybridized carbons (Fsp3) is 0.591. The van der Waals surface area contributed by atoms with Crippen LogP contribution in [-0.2, 0) is 38.2 Å². The molecule has 0 saturated carbocycles. The Morgan fingerprint density at radius 3 is 2.00 bits per heavy atom. The van der Waals surface area contributed by atoms with E-state index < -0.39 is 56.0 Å². The molecule has 1 rings (SSSR count). The number of ketones is 2. The number of rotatable bonds is 18. The summed E-state index contributed by atoms with van der Waals surface area (Å²) in [4.78, 5) is 36.2. The van der Waals surface area contributed by atoms with Gasteiger partial charge in [0.2, 0.25) is 5.91 Å². The third-order valence-corrected chi connectivity index (χ3v) is 8.06. The van der Waals surface area contributed by atoms with Gasteiger partial charge in [-0.2, -0.15) is 8.42 Å². The number of hydrogen-bond acceptors (Lipinski definition) is 11. The molecule has 1 aromatic rings. The zero-order chi connectivity index (χ0) is 26.6. The van der Waals surface area contributed by atoms with Gasteiger partial charge in [-0.3, -0.25) is 23.0 Å². The van der Waals surface area contributed by atoms with Gasteiger partial charge in [-0.15, -0.1) is 0 Å². The molecule has 0 aliphatic heterocycles. The van der Waals surface area contributed by atoms with Crippen molar-refractivity contribution in [3.05, 3.63) is 35.4 Å². The van der Waals surface area contributed by atoms with E-state index in [4.69, 9.17) is 5.73 Å². The summed E-state index contributed by atoms with van der Waals surface area (Å²) in [6.07, 6.45) is 1.64. The summed E-state index contributed by atoms with van der Waals surface area (Å²) in [5, 5.41) is 0.0190. The molecule has 15 heteroatoms. The first-order chi connectivity index (χ1) is 16.5. The van der Waals surface area contributed by atoms with Gasteiger partial charge in [0.05, 0.1) is 13.8 Å². The second kappa shape index (κ2) is 19.4. The zero-order valence-corrected chi connectivity index (χ0v) is 25.9. The van der Waals surface area contributed by atoms with Crippen molar-refractivity contribution in [2.24, 2.45) is 11.7 Å². The minimum atomic E-state index is -4.31. The first kappa shape index (κ1) is 38.5. The summed E-state index contributed by atoms with van der Waals surface area (Å²) in [5.74, 6) is -2.11. The summed E-state index contributed by atoms with van der Waals surface area (Å²) in [5.41, 5.74) is 5.16. The first-order valence-corrected chi connectivity index (χ1v) is 13.7. The molecule has 0 aromatic heterocycles. The van der Waals surface area contributed by atoms with E-state index in [1.807, 2.05) is 0 Å². The van der Waals surface area contributed by atoms with Gasteiger partial charge < -0.3 is 24.9 Å². The van der Waals surface area contributed by atoms with Crippen LogP contribution >= 0.6 is 0 Å². The fourth-order valence-electron chi connectivity index (χ4n) is 3.31. The van der Waals surface area contributed by atoms with Gasteiger partial charge in [0.1, 0.15) is 0 Å². The summed E-state index contributed by atoms with van der Waals surface area (Å²) in [6.45, 7) is 1.56. The van der Waals surface area contributed by atoms with Gasteiger partial charge in [-0.05, 0) is 32.4 Å². The van der Waals surface area contributed by atoms with Gasteiger partial charge in [0.25, 0.3) is 10.1 Å². The molecule has 37 heavy (non-hydrogen) atoms. The molecule has 0 aliphatic rings. The van der Waals surface area contributed by atoms with Crippen LogP contribution in [0.4, 0.5) is 4.39 Å². The number of unbranched alkanes of at least 4 members (excludes halogenated alkanes) is 1. The Morgan fingerprint density at radius 1 is 1.00 bits per heavy atom. The van der Waals surface area contributed by atoms with Crippen molar-refractivity contribution in [1.82, 2.24) is 5.32 Å². The molecule has 0 heterocycles. The predicted octanol–water partition coefficient (Wildman–Crippen LogP) is -1.47. The molecule has 0 radical (unpaired) electrons. The molecule has 3 atom stereocenters. The number of Topliss-reactive ketones (excluding diaryl/α,β-unsaturated/α-hetero) is 2. The quantitative estimate of drug-likeness (QED) is 0.0668. The third-order valence-electron chi connectivity index (χ3n) is 5.53. The number of carbonyl (C=O) groups is 3. The van der Waals surface area contributed by atoms with E-state index in [0.29, 0.717) is 13.0 Å². The Labute approximate surface area is 261 Å². The van der Waals surface area contributed by atoms with Crippen LogP contribution in [-0.4, -0.2) is 68.7 Å². The number of primary amides is 1. The van der Waals surface area contributed by atoms with E-state index >= 15 is 0 Å². The van der Waals surface area contributed by atoms with Crippen molar-refractivity contribution in [3.63, 3.8) is 0 Å². The van der Waals surface area contributed by atoms with Crippen molar-refractivity contribution < 1.29 is 96.7 Å². The molecule has 206 valence electrons. The van der Waals surface area contributed by atoms with Crippen LogP contribution < -0.4 is 62.4 Å². The average Bonchev–Trinajstić information content (AvgIpc) is 2.82. The van der Waals surface area contributed by atoms with Crippen molar-refractivity contribution in [2.75, 3.05) is 26.9 Å². The number of alkyl halides is 1. The van der Waals surface area contributed by atoms with Gasteiger partial charge in [0, 0.05) is 28.7 Å². The van der Waals surface area contributed by atoms with E-state index in [0.717, 1.165) is 20.0 Å². The first-order valence-electron chi connectivity index (χ1n) is 11.1. The average molecular weight is 592 g/mol. The van der Waals surface area contributed by atoms with Crippen molar-refractivity contribution in [1.29, 1.82) is 0 Å². The molecule has 0 aliphatic carbocycles. The van der Waals surface area contributed by atoms with Crippen LogP contribution in [0.1, 0.15) is 59.7 Å². The van der Waals surface area contributed by atoms with Gasteiger partial charge in [-0.25, -0.2) is 0 Å². The predicted molar refractivity (Wildman–Crippen MR) is 130 cm³/mol. The Bertz CT molecular complexity index is 1040. The van der Waals surface area contributed by atoms with E-state index in [-0.39, 0.29) is 92.8 Å². The minimum absolute atomic E-state index is 0. The second-order valence-electron chi connectivity index (χ2n) is 8.02. The Balaban J connectivity index is 0. The molecular weight excluding hydrogens is 558 g/mol. The normalized spacial score (nSPS) is 13.6. The molecule has 0 fully saturated rings. The van der Waals surface area contributed by atoms with Crippen molar-refractivity contribution in [2.45, 2.75) is 49.5 Å². The van der Waals surface area contributed by atoms with Gasteiger partial charge in [0.15, 0.2) is 16.8 Å². The smallest absolute Gasteiger partial charge is 0.870 e. The summed E-state index contributed by atoms with van der Waals surface area (Å²) >= 11 is 0. The molecular formula is C22H33FKN2O9S2-. The van der Waals surface area contributed by atoms with E-state index in [2.05, 4.69) is 9.50 Å². The monoisotopic (exact) mass is 591 g/mol. The van der Waals surface area contributed by atoms with Crippen LogP contribution in [0.5, 0.6) is 0 Å². The Kier molecular flexibility index (Phi) is 20.2. The number of amides is 1. The third kappa shape index (κ3) is 12.9. The maximum absolute atomic E-state index is 12.8. The number of nitrogens with one attached hydrogen (secondary N) is 1. The molecule has 0 spiro atoms. The standard InChI is InChI=1S/C22H32FN2O8S2.K.H2O/c1-15(22(24)28)5-3-4-13-25-14-11-18(34(29)30)20(26)16-6-8-17(9-7-16)21(27)19(10-12-23)35(31,32)33-2;;/h6-9,15,18-19,25H,3-5,10-14H2,1-2H3,(H2,24,28);;1H2/q-1;+1;/p-1. The molecule has 3 unspecified atom stereocenters. The molecule has 1 amide bonds. The van der Waals surface area contributed by atoms with E-state index in [1.165, 1.54) is 24.3 Å². The molecule has 11 nitrogen and oxygen atoms in total. The molecule has 0 bridgehead atoms. The Hall–Kier alpha value is -0.624. The van der Waals surface area contributed by atoms with E-state index in [9.17, 15) is 35.6 Å². The minimum Gasteiger partial charge on any atom is -0.870 e. The number of benzene rings is 1. The van der Waals surface area contributed by atoms with Crippen LogP contribution in [0.25, 0.3) is 0 Å². The SMILES string of the molecule is COS(=O)(=O)C(CCF)C(=O)c1ccc(C(=O)C(CCNCCCCC(C)C(N)=O)[S-](=O)=O)cc1.[K+].[OH-]. The fourth-order valence-corrected chi connectivity index (χ4v) is 4.94. The zero-order valence-electron chi connectivity index (χ0n) is 21.2. The number of halogens is 1. The van der Waals surface area contributed by atoms with Crippen molar-refractivity contribution in [3.8, 4) is 0 Å². The van der Waals surface area contributed by atoms with Crippen LogP contribution in [0, 0.1) is 5.92 Å². The Morgan fingerprint density at radius 2 is 1.54 bits per heavy atom. The summed E-state index contributed by atoms with van der Waals surface area (Å²) < 4.78 is 64.2. The largest absolute Gasteiger partial charge is 1.00 e. The maximum atomic E-state index is 12.8. The topological polar surface area (TPSA) is 197 Å². The second-order valence-corrected chi connectivity index (χ2v) is 11.0. The maximum Gasteiger partial charge on any atom is 1.00 e. The molecule has 1 aromatic carbocycles. The summed E-state index contributed by atoms with van der Waals surface area (Å²) in [7, 11) is -6.13. The van der Waals surface area contributed by atoms with Crippen molar-refractivity contribution >= 4 is 38.3 Å². The number of nitrogens with two attached hydrogens (primary N) is 1. The van der Waals surface area contributed by atoms with E-state index in [1.54, 1.807) is 6.92 Å². The van der Waals surface area contributed by atoms with Crippen LogP contribution in [0.2, 0.25) is 0 Å². The number of carbonyl (C=O) groups excluding carboxylic acids is 3. The summed E-state index contributed by atoms with van der Waals surface area (Å²) in [6, 6.07) is 4.85. The van der Waals surface area contributed by atoms with Gasteiger partial charge in [-0.1, -0.05) is 48.3 Å². The molecule has 0 saturated heterocycles. The van der Waals surface area contributed by atoms with Crippen LogP contribution in [0.3, 0.4) is 0 Å². The number of hydrogen-bond donors (Lipinski definition) is 2. The molecule has 4 N–H and O–H groups in total.